The molecular formula is C9H10F3N5. The van der Waals surface area contributed by atoms with Crippen LogP contribution in [-0.2, 0) is 13.2 Å². The van der Waals surface area contributed by atoms with Crippen LogP contribution in [0.1, 0.15) is 11.3 Å². The van der Waals surface area contributed by atoms with Gasteiger partial charge in [0, 0.05) is 13.2 Å². The van der Waals surface area contributed by atoms with Gasteiger partial charge in [0.05, 0.1) is 23.1 Å². The van der Waals surface area contributed by atoms with Gasteiger partial charge in [0.1, 0.15) is 0 Å². The van der Waals surface area contributed by atoms with Gasteiger partial charge in [-0.05, 0) is 6.92 Å². The van der Waals surface area contributed by atoms with Gasteiger partial charge in [0.25, 0.3) is 0 Å². The Morgan fingerprint density at radius 1 is 1.35 bits per heavy atom. The third-order valence-electron chi connectivity index (χ3n) is 2.36. The highest BCUT2D eigenvalue weighted by Crippen LogP contribution is 2.30. The molecule has 0 radical (unpaired) electrons. The van der Waals surface area contributed by atoms with Crippen LogP contribution in [0, 0.1) is 6.92 Å². The lowest BCUT2D eigenvalue weighted by Gasteiger charge is -2.03. The average molecular weight is 245 g/mol. The Hall–Kier alpha value is -1.99. The van der Waals surface area contributed by atoms with Gasteiger partial charge in [0.2, 0.25) is 0 Å². The van der Waals surface area contributed by atoms with Crippen molar-refractivity contribution in [2.24, 2.45) is 7.05 Å². The van der Waals surface area contributed by atoms with Crippen molar-refractivity contribution in [2.75, 3.05) is 5.73 Å². The summed E-state index contributed by atoms with van der Waals surface area (Å²) in [6.07, 6.45) is -2.78. The summed E-state index contributed by atoms with van der Waals surface area (Å²) in [4.78, 5) is 0. The van der Waals surface area contributed by atoms with E-state index in [1.54, 1.807) is 14.0 Å². The largest absolute Gasteiger partial charge is 0.419 e. The molecule has 2 aromatic heterocycles. The maximum absolute atomic E-state index is 12.4. The first kappa shape index (κ1) is 11.5. The van der Waals surface area contributed by atoms with Gasteiger partial charge in [-0.25, -0.2) is 9.36 Å². The van der Waals surface area contributed by atoms with Crippen LogP contribution >= 0.6 is 0 Å². The molecule has 0 fully saturated rings. The lowest BCUT2D eigenvalue weighted by molar-refractivity contribution is -0.137. The van der Waals surface area contributed by atoms with Crippen LogP contribution in [0.15, 0.2) is 12.4 Å². The molecule has 5 nitrogen and oxygen atoms in total. The van der Waals surface area contributed by atoms with Gasteiger partial charge in [-0.15, -0.1) is 0 Å². The molecule has 2 aromatic rings. The van der Waals surface area contributed by atoms with Crippen LogP contribution in [0.3, 0.4) is 0 Å². The van der Waals surface area contributed by atoms with Crippen LogP contribution < -0.4 is 5.73 Å². The predicted molar refractivity (Wildman–Crippen MR) is 54.5 cm³/mol. The van der Waals surface area contributed by atoms with E-state index in [1.165, 1.54) is 4.68 Å². The van der Waals surface area contributed by atoms with Crippen LogP contribution in [0.4, 0.5) is 18.9 Å². The number of anilines is 1. The SMILES string of the molecule is Cc1nn(C)c(-n2cc(C(F)(F)F)cn2)c1N. The maximum Gasteiger partial charge on any atom is 0.419 e. The molecule has 0 amide bonds. The summed E-state index contributed by atoms with van der Waals surface area (Å²) in [5, 5.41) is 7.65. The molecule has 0 saturated heterocycles. The first-order valence-electron chi connectivity index (χ1n) is 4.72. The van der Waals surface area contributed by atoms with Gasteiger partial charge < -0.3 is 5.73 Å². The molecule has 0 bridgehead atoms. The second-order valence-electron chi connectivity index (χ2n) is 3.62. The first-order valence-corrected chi connectivity index (χ1v) is 4.72. The number of nitrogens with zero attached hydrogens (tertiary/aromatic N) is 4. The van der Waals surface area contributed by atoms with E-state index in [1.807, 2.05) is 0 Å². The summed E-state index contributed by atoms with van der Waals surface area (Å²) in [7, 11) is 1.59. The summed E-state index contributed by atoms with van der Waals surface area (Å²) in [6, 6.07) is 0. The van der Waals surface area contributed by atoms with E-state index in [0.29, 0.717) is 17.2 Å². The zero-order valence-corrected chi connectivity index (χ0v) is 9.15. The molecule has 0 spiro atoms. The number of rotatable bonds is 1. The number of hydrogen-bond donors (Lipinski definition) is 1. The highest BCUT2D eigenvalue weighted by Gasteiger charge is 2.32. The Balaban J connectivity index is 2.51. The summed E-state index contributed by atoms with van der Waals surface area (Å²) < 4.78 is 39.7. The minimum Gasteiger partial charge on any atom is -0.394 e. The molecule has 0 saturated carbocycles. The monoisotopic (exact) mass is 245 g/mol. The van der Waals surface area contributed by atoms with E-state index in [2.05, 4.69) is 10.2 Å². The molecule has 17 heavy (non-hydrogen) atoms. The first-order chi connectivity index (χ1) is 7.80. The Morgan fingerprint density at radius 2 is 2.00 bits per heavy atom. The summed E-state index contributed by atoms with van der Waals surface area (Å²) in [5.41, 5.74) is 5.76. The van der Waals surface area contributed by atoms with E-state index in [4.69, 9.17) is 5.73 Å². The molecule has 2 heterocycles. The lowest BCUT2D eigenvalue weighted by atomic mass is 10.3. The van der Waals surface area contributed by atoms with E-state index >= 15 is 0 Å². The highest BCUT2D eigenvalue weighted by atomic mass is 19.4. The topological polar surface area (TPSA) is 61.7 Å². The molecule has 2 rings (SSSR count). The van der Waals surface area contributed by atoms with Crippen molar-refractivity contribution >= 4 is 5.69 Å². The van der Waals surface area contributed by atoms with Crippen molar-refractivity contribution in [3.63, 3.8) is 0 Å². The van der Waals surface area contributed by atoms with E-state index < -0.39 is 11.7 Å². The Bertz CT molecular complexity index is 551. The zero-order chi connectivity index (χ0) is 12.8. The molecule has 92 valence electrons. The minimum atomic E-state index is -4.42. The highest BCUT2D eigenvalue weighted by molar-refractivity contribution is 5.56. The summed E-state index contributed by atoms with van der Waals surface area (Å²) >= 11 is 0. The smallest absolute Gasteiger partial charge is 0.394 e. The molecular weight excluding hydrogens is 235 g/mol. The Morgan fingerprint density at radius 3 is 2.41 bits per heavy atom. The molecule has 0 aliphatic heterocycles. The normalized spacial score (nSPS) is 12.1. The number of aromatic nitrogens is 4. The van der Waals surface area contributed by atoms with E-state index in [-0.39, 0.29) is 0 Å². The fraction of sp³-hybridized carbons (Fsp3) is 0.333. The summed E-state index contributed by atoms with van der Waals surface area (Å²) in [5.74, 6) is 0.318. The van der Waals surface area contributed by atoms with Crippen LogP contribution in [0.5, 0.6) is 0 Å². The van der Waals surface area contributed by atoms with Crippen molar-refractivity contribution in [1.82, 2.24) is 19.6 Å². The molecule has 2 N–H and O–H groups in total. The minimum absolute atomic E-state index is 0.310. The average Bonchev–Trinajstić information content (AvgIpc) is 2.73. The fourth-order valence-electron chi connectivity index (χ4n) is 1.52. The number of nitrogen functional groups attached to an aromatic ring is 1. The lowest BCUT2D eigenvalue weighted by Crippen LogP contribution is -2.06. The quantitative estimate of drug-likeness (QED) is 0.828. The molecule has 0 aliphatic carbocycles. The molecule has 0 aliphatic rings. The van der Waals surface area contributed by atoms with Gasteiger partial charge in [-0.2, -0.15) is 23.4 Å². The number of nitrogens with two attached hydrogens (primary N) is 1. The number of aryl methyl sites for hydroxylation is 2. The molecule has 0 aromatic carbocycles. The third-order valence-corrected chi connectivity index (χ3v) is 2.36. The van der Waals surface area contributed by atoms with Gasteiger partial charge in [-0.1, -0.05) is 0 Å². The standard InChI is InChI=1S/C9H10F3N5/c1-5-7(13)8(16(2)15-5)17-4-6(3-14-17)9(10,11)12/h3-4H,13H2,1-2H3. The second kappa shape index (κ2) is 3.51. The second-order valence-corrected chi connectivity index (χ2v) is 3.62. The molecule has 8 heteroatoms. The van der Waals surface area contributed by atoms with Crippen LogP contribution in [-0.4, -0.2) is 19.6 Å². The molecule has 0 unspecified atom stereocenters. The zero-order valence-electron chi connectivity index (χ0n) is 9.15. The van der Waals surface area contributed by atoms with Gasteiger partial charge in [-0.3, -0.25) is 0 Å². The molecule has 0 atom stereocenters. The number of hydrogen-bond acceptors (Lipinski definition) is 3. The number of halogens is 3. The van der Waals surface area contributed by atoms with Crippen molar-refractivity contribution in [3.05, 3.63) is 23.7 Å². The van der Waals surface area contributed by atoms with E-state index in [0.717, 1.165) is 17.1 Å². The fourth-order valence-corrected chi connectivity index (χ4v) is 1.52. The van der Waals surface area contributed by atoms with Crippen molar-refractivity contribution < 1.29 is 13.2 Å². The summed E-state index contributed by atoms with van der Waals surface area (Å²) in [6.45, 7) is 1.67. The number of alkyl halides is 3. The van der Waals surface area contributed by atoms with Gasteiger partial charge in [0.15, 0.2) is 5.82 Å². The van der Waals surface area contributed by atoms with Crippen molar-refractivity contribution in [1.29, 1.82) is 0 Å². The predicted octanol–water partition coefficient (Wildman–Crippen LogP) is 1.52. The third kappa shape index (κ3) is 1.85. The van der Waals surface area contributed by atoms with Crippen LogP contribution in [0.2, 0.25) is 0 Å². The Kier molecular flexibility index (Phi) is 2.37. The van der Waals surface area contributed by atoms with E-state index in [9.17, 15) is 13.2 Å². The van der Waals surface area contributed by atoms with Gasteiger partial charge >= 0.3 is 6.18 Å². The van der Waals surface area contributed by atoms with Crippen molar-refractivity contribution in [2.45, 2.75) is 13.1 Å². The Labute approximate surface area is 94.6 Å². The maximum atomic E-state index is 12.4. The van der Waals surface area contributed by atoms with Crippen LogP contribution in [0.25, 0.3) is 5.82 Å². The van der Waals surface area contributed by atoms with Crippen molar-refractivity contribution in [3.8, 4) is 5.82 Å².